The lowest BCUT2D eigenvalue weighted by atomic mass is 10.0. The fraction of sp³-hybridized carbons (Fsp3) is 0.533. The molecule has 0 aliphatic rings. The van der Waals surface area contributed by atoms with E-state index < -0.39 is 0 Å². The van der Waals surface area contributed by atoms with Crippen molar-refractivity contribution in [2.24, 2.45) is 0 Å². The smallest absolute Gasteiger partial charge is 0.180 e. The van der Waals surface area contributed by atoms with Gasteiger partial charge in [-0.25, -0.2) is 0 Å². The van der Waals surface area contributed by atoms with Gasteiger partial charge in [0.2, 0.25) is 0 Å². The van der Waals surface area contributed by atoms with E-state index in [1.807, 2.05) is 26.0 Å². The molecule has 0 saturated carbocycles. The molecule has 0 aromatic heterocycles. The molecule has 0 atom stereocenters. The molecule has 0 N–H and O–H groups in total. The van der Waals surface area contributed by atoms with Crippen molar-refractivity contribution in [2.75, 3.05) is 26.7 Å². The Morgan fingerprint density at radius 3 is 2.33 bits per heavy atom. The maximum absolute atomic E-state index is 12.3. The zero-order valence-electron chi connectivity index (χ0n) is 12.0. The maximum atomic E-state index is 12.3. The molecule has 0 bridgehead atoms. The number of Topliss-reactive ketones (excluding diaryl/α,β-unsaturated/α-hetero) is 1. The number of carbonyl (C=O) groups is 1. The lowest BCUT2D eigenvalue weighted by Gasteiger charge is -2.18. The fourth-order valence-electron chi connectivity index (χ4n) is 2.17. The van der Waals surface area contributed by atoms with Gasteiger partial charge in [-0.1, -0.05) is 19.9 Å². The van der Waals surface area contributed by atoms with Crippen LogP contribution in [0.4, 0.5) is 0 Å². The van der Waals surface area contributed by atoms with Crippen molar-refractivity contribution in [1.29, 1.82) is 0 Å². The highest BCUT2D eigenvalue weighted by molar-refractivity contribution is 6.00. The maximum Gasteiger partial charge on any atom is 0.180 e. The van der Waals surface area contributed by atoms with Gasteiger partial charge in [-0.3, -0.25) is 9.69 Å². The Bertz CT molecular complexity index is 423. The van der Waals surface area contributed by atoms with Gasteiger partial charge in [0.15, 0.2) is 5.78 Å². The second kappa shape index (κ2) is 6.55. The molecule has 0 saturated heterocycles. The minimum atomic E-state index is 0.127. The minimum Gasteiger partial charge on any atom is -0.496 e. The summed E-state index contributed by atoms with van der Waals surface area (Å²) in [6, 6.07) is 3.95. The van der Waals surface area contributed by atoms with Crippen molar-refractivity contribution in [2.45, 2.75) is 27.7 Å². The van der Waals surface area contributed by atoms with E-state index in [2.05, 4.69) is 18.7 Å². The van der Waals surface area contributed by atoms with Crippen LogP contribution in [-0.2, 0) is 0 Å². The van der Waals surface area contributed by atoms with Crippen LogP contribution in [0.2, 0.25) is 0 Å². The van der Waals surface area contributed by atoms with Crippen LogP contribution >= 0.6 is 0 Å². The van der Waals surface area contributed by atoms with Gasteiger partial charge >= 0.3 is 0 Å². The van der Waals surface area contributed by atoms with E-state index in [9.17, 15) is 4.79 Å². The highest BCUT2D eigenvalue weighted by atomic mass is 16.5. The summed E-state index contributed by atoms with van der Waals surface area (Å²) >= 11 is 0. The molecule has 0 aliphatic heterocycles. The fourth-order valence-corrected chi connectivity index (χ4v) is 2.17. The number of nitrogens with zero attached hydrogens (tertiary/aromatic N) is 1. The van der Waals surface area contributed by atoms with E-state index >= 15 is 0 Å². The number of likely N-dealkylation sites (N-methyl/N-ethyl adjacent to an activating group) is 1. The largest absolute Gasteiger partial charge is 0.496 e. The highest BCUT2D eigenvalue weighted by Gasteiger charge is 2.16. The van der Waals surface area contributed by atoms with Crippen molar-refractivity contribution in [3.8, 4) is 5.75 Å². The predicted octanol–water partition coefficient (Wildman–Crippen LogP) is 2.84. The molecule has 1 aromatic carbocycles. The molecule has 3 nitrogen and oxygen atoms in total. The Hall–Kier alpha value is -1.35. The van der Waals surface area contributed by atoms with Crippen LogP contribution in [-0.4, -0.2) is 37.4 Å². The van der Waals surface area contributed by atoms with Crippen LogP contribution in [0.25, 0.3) is 0 Å². The summed E-state index contributed by atoms with van der Waals surface area (Å²) in [5.74, 6) is 0.833. The van der Waals surface area contributed by atoms with Crippen LogP contribution in [0, 0.1) is 13.8 Å². The first-order valence-electron chi connectivity index (χ1n) is 6.44. The van der Waals surface area contributed by atoms with Crippen LogP contribution in [0.15, 0.2) is 12.1 Å². The van der Waals surface area contributed by atoms with Crippen molar-refractivity contribution in [3.63, 3.8) is 0 Å². The van der Waals surface area contributed by atoms with E-state index in [1.54, 1.807) is 7.11 Å². The molecule has 1 aromatic rings. The SMILES string of the molecule is CCN(CC)CC(=O)c1cc(C)cc(C)c1OC. The van der Waals surface area contributed by atoms with Gasteiger partial charge in [0.1, 0.15) is 5.75 Å². The quantitative estimate of drug-likeness (QED) is 0.726. The first kappa shape index (κ1) is 14.7. The molecule has 0 unspecified atom stereocenters. The summed E-state index contributed by atoms with van der Waals surface area (Å²) in [5.41, 5.74) is 2.80. The van der Waals surface area contributed by atoms with Gasteiger partial charge in [-0.15, -0.1) is 0 Å². The number of rotatable bonds is 6. The Morgan fingerprint density at radius 1 is 1.22 bits per heavy atom. The van der Waals surface area contributed by atoms with Crippen molar-refractivity contribution in [1.82, 2.24) is 4.90 Å². The lowest BCUT2D eigenvalue weighted by molar-refractivity contribution is 0.0934. The molecule has 0 heterocycles. The molecule has 0 spiro atoms. The summed E-state index contributed by atoms with van der Waals surface area (Å²) in [7, 11) is 1.62. The molecule has 0 fully saturated rings. The van der Waals surface area contributed by atoms with E-state index in [0.29, 0.717) is 17.9 Å². The first-order chi connectivity index (χ1) is 8.53. The monoisotopic (exact) mass is 249 g/mol. The molecular formula is C15H23NO2. The summed E-state index contributed by atoms with van der Waals surface area (Å²) in [6.07, 6.45) is 0. The molecule has 3 heteroatoms. The number of ether oxygens (including phenoxy) is 1. The van der Waals surface area contributed by atoms with Crippen LogP contribution in [0.3, 0.4) is 0 Å². The summed E-state index contributed by atoms with van der Waals surface area (Å²) in [5, 5.41) is 0. The summed E-state index contributed by atoms with van der Waals surface area (Å²) in [6.45, 7) is 10.3. The molecule has 18 heavy (non-hydrogen) atoms. The first-order valence-corrected chi connectivity index (χ1v) is 6.44. The molecule has 0 amide bonds. The van der Waals surface area contributed by atoms with Crippen LogP contribution in [0.1, 0.15) is 35.3 Å². The summed E-state index contributed by atoms with van der Waals surface area (Å²) in [4.78, 5) is 14.4. The number of benzene rings is 1. The minimum absolute atomic E-state index is 0.127. The number of ketones is 1. The Balaban J connectivity index is 3.04. The van der Waals surface area contributed by atoms with Gasteiger partial charge in [-0.2, -0.15) is 0 Å². The number of hydrogen-bond acceptors (Lipinski definition) is 3. The number of aryl methyl sites for hydroxylation is 2. The average molecular weight is 249 g/mol. The van der Waals surface area contributed by atoms with Gasteiger partial charge in [0.25, 0.3) is 0 Å². The van der Waals surface area contributed by atoms with Crippen molar-refractivity contribution >= 4 is 5.78 Å². The molecule has 0 aliphatic carbocycles. The van der Waals surface area contributed by atoms with Gasteiger partial charge in [-0.05, 0) is 44.1 Å². The van der Waals surface area contributed by atoms with Gasteiger partial charge in [0.05, 0.1) is 19.2 Å². The Kier molecular flexibility index (Phi) is 5.35. The number of carbonyl (C=O) groups excluding carboxylic acids is 1. The third-order valence-corrected chi connectivity index (χ3v) is 3.19. The average Bonchev–Trinajstić information content (AvgIpc) is 2.34. The normalized spacial score (nSPS) is 10.8. The zero-order chi connectivity index (χ0) is 13.7. The molecule has 0 radical (unpaired) electrons. The van der Waals surface area contributed by atoms with Gasteiger partial charge < -0.3 is 4.74 Å². The van der Waals surface area contributed by atoms with Crippen molar-refractivity contribution < 1.29 is 9.53 Å². The molecule has 1 rings (SSSR count). The third-order valence-electron chi connectivity index (χ3n) is 3.19. The highest BCUT2D eigenvalue weighted by Crippen LogP contribution is 2.25. The van der Waals surface area contributed by atoms with E-state index in [1.165, 1.54) is 0 Å². The van der Waals surface area contributed by atoms with Gasteiger partial charge in [0, 0.05) is 0 Å². The topological polar surface area (TPSA) is 29.5 Å². The predicted molar refractivity (Wildman–Crippen MR) is 74.6 cm³/mol. The summed E-state index contributed by atoms with van der Waals surface area (Å²) < 4.78 is 5.36. The molecular weight excluding hydrogens is 226 g/mol. The number of methoxy groups -OCH3 is 1. The second-order valence-electron chi connectivity index (χ2n) is 4.55. The zero-order valence-corrected chi connectivity index (χ0v) is 12.0. The Labute approximate surface area is 110 Å². The van der Waals surface area contributed by atoms with E-state index in [4.69, 9.17) is 4.74 Å². The lowest BCUT2D eigenvalue weighted by Crippen LogP contribution is -2.29. The number of hydrogen-bond donors (Lipinski definition) is 0. The molecule has 100 valence electrons. The van der Waals surface area contributed by atoms with Crippen LogP contribution in [0.5, 0.6) is 5.75 Å². The van der Waals surface area contributed by atoms with E-state index in [0.717, 1.165) is 24.2 Å². The standard InChI is InChI=1S/C15H23NO2/c1-6-16(7-2)10-14(17)13-9-11(3)8-12(4)15(13)18-5/h8-9H,6-7,10H2,1-5H3. The van der Waals surface area contributed by atoms with Crippen molar-refractivity contribution in [3.05, 3.63) is 28.8 Å². The third kappa shape index (κ3) is 3.33. The Morgan fingerprint density at radius 2 is 1.83 bits per heavy atom. The van der Waals surface area contributed by atoms with Crippen LogP contribution < -0.4 is 4.74 Å². The second-order valence-corrected chi connectivity index (χ2v) is 4.55. The van der Waals surface area contributed by atoms with E-state index in [-0.39, 0.29) is 5.78 Å².